The van der Waals surface area contributed by atoms with Crippen molar-refractivity contribution in [1.29, 1.82) is 0 Å². The average Bonchev–Trinajstić information content (AvgIpc) is 2.54. The van der Waals surface area contributed by atoms with Crippen LogP contribution >= 0.6 is 0 Å². The van der Waals surface area contributed by atoms with Gasteiger partial charge in [0.15, 0.2) is 0 Å². The van der Waals surface area contributed by atoms with Crippen LogP contribution in [0.25, 0.3) is 0 Å². The fourth-order valence-electron chi connectivity index (χ4n) is 3.48. The molecule has 2 unspecified atom stereocenters. The summed E-state index contributed by atoms with van der Waals surface area (Å²) in [5.41, 5.74) is 8.06. The number of rotatable bonds is 2. The van der Waals surface area contributed by atoms with Crippen molar-refractivity contribution in [2.75, 3.05) is 0 Å². The normalized spacial score (nSPS) is 28.1. The van der Waals surface area contributed by atoms with E-state index in [0.717, 1.165) is 30.7 Å². The topological polar surface area (TPSA) is 26.0 Å². The van der Waals surface area contributed by atoms with Gasteiger partial charge in [-0.05, 0) is 61.1 Å². The first-order chi connectivity index (χ1) is 9.28. The molecular weight excluding hydrogens is 249 g/mol. The molecule has 0 radical (unpaired) electrons. The molecule has 0 aromatic heterocycles. The van der Waals surface area contributed by atoms with Crippen molar-refractivity contribution < 1.29 is 4.39 Å². The van der Waals surface area contributed by atoms with Crippen molar-refractivity contribution >= 4 is 0 Å². The summed E-state index contributed by atoms with van der Waals surface area (Å²) in [7, 11) is 0. The van der Waals surface area contributed by atoms with Crippen LogP contribution in [0.5, 0.6) is 0 Å². The highest BCUT2D eigenvalue weighted by atomic mass is 19.1. The van der Waals surface area contributed by atoms with Crippen LogP contribution in [0.15, 0.2) is 24.3 Å². The molecule has 0 amide bonds. The van der Waals surface area contributed by atoms with Gasteiger partial charge in [-0.25, -0.2) is 4.39 Å². The molecule has 112 valence electrons. The molecule has 0 saturated heterocycles. The Hall–Kier alpha value is -0.890. The second-order valence-electron chi connectivity index (χ2n) is 7.66. The van der Waals surface area contributed by atoms with Crippen molar-refractivity contribution in [2.24, 2.45) is 17.1 Å². The summed E-state index contributed by atoms with van der Waals surface area (Å²) in [4.78, 5) is 0. The van der Waals surface area contributed by atoms with Crippen LogP contribution in [-0.2, 0) is 6.42 Å². The minimum Gasteiger partial charge on any atom is -0.325 e. The standard InChI is InChI=1S/C18H28FN/c1-17(2,3)15-5-4-11-18(20,12-10-15)13-14-6-8-16(19)9-7-14/h6-9,15H,4-5,10-13,20H2,1-3H3. The first kappa shape index (κ1) is 15.5. The Kier molecular flexibility index (Phi) is 4.53. The summed E-state index contributed by atoms with van der Waals surface area (Å²) in [5, 5.41) is 0. The molecule has 0 aliphatic heterocycles. The Morgan fingerprint density at radius 2 is 1.80 bits per heavy atom. The summed E-state index contributed by atoms with van der Waals surface area (Å²) < 4.78 is 13.0. The van der Waals surface area contributed by atoms with Crippen molar-refractivity contribution in [3.63, 3.8) is 0 Å². The molecule has 0 spiro atoms. The zero-order chi connectivity index (χ0) is 14.8. The lowest BCUT2D eigenvalue weighted by Gasteiger charge is -2.31. The third-order valence-electron chi connectivity index (χ3n) is 4.91. The maximum atomic E-state index is 13.0. The second-order valence-corrected chi connectivity index (χ2v) is 7.66. The van der Waals surface area contributed by atoms with E-state index in [4.69, 9.17) is 5.73 Å². The number of hydrogen-bond donors (Lipinski definition) is 1. The third kappa shape index (κ3) is 4.05. The number of halogens is 1. The van der Waals surface area contributed by atoms with Crippen LogP contribution in [0.2, 0.25) is 0 Å². The minimum absolute atomic E-state index is 0.113. The van der Waals surface area contributed by atoms with Gasteiger partial charge in [-0.1, -0.05) is 39.3 Å². The van der Waals surface area contributed by atoms with Gasteiger partial charge in [0.25, 0.3) is 0 Å². The molecule has 0 heterocycles. The van der Waals surface area contributed by atoms with E-state index in [2.05, 4.69) is 20.8 Å². The summed E-state index contributed by atoms with van der Waals surface area (Å²) in [5.74, 6) is 0.592. The van der Waals surface area contributed by atoms with E-state index < -0.39 is 0 Å². The SMILES string of the molecule is CC(C)(C)C1CCCC(N)(Cc2ccc(F)cc2)CC1. The third-order valence-corrected chi connectivity index (χ3v) is 4.91. The van der Waals surface area contributed by atoms with Crippen molar-refractivity contribution in [3.05, 3.63) is 35.6 Å². The van der Waals surface area contributed by atoms with E-state index in [1.54, 1.807) is 0 Å². The molecule has 2 rings (SSSR count). The lowest BCUT2D eigenvalue weighted by molar-refractivity contribution is 0.210. The number of nitrogens with two attached hydrogens (primary N) is 1. The van der Waals surface area contributed by atoms with E-state index >= 15 is 0 Å². The van der Waals surface area contributed by atoms with Gasteiger partial charge in [-0.3, -0.25) is 0 Å². The van der Waals surface area contributed by atoms with E-state index in [-0.39, 0.29) is 11.4 Å². The van der Waals surface area contributed by atoms with Crippen molar-refractivity contribution in [3.8, 4) is 0 Å². The van der Waals surface area contributed by atoms with Gasteiger partial charge in [0.2, 0.25) is 0 Å². The lowest BCUT2D eigenvalue weighted by Crippen LogP contribution is -2.41. The molecule has 1 aromatic rings. The van der Waals surface area contributed by atoms with Crippen LogP contribution in [-0.4, -0.2) is 5.54 Å². The Labute approximate surface area is 122 Å². The summed E-state index contributed by atoms with van der Waals surface area (Å²) in [6.45, 7) is 7.00. The van der Waals surface area contributed by atoms with E-state index in [1.807, 2.05) is 12.1 Å². The van der Waals surface area contributed by atoms with Crippen LogP contribution in [0, 0.1) is 17.2 Å². The molecular formula is C18H28FN. The van der Waals surface area contributed by atoms with Gasteiger partial charge in [-0.2, -0.15) is 0 Å². The van der Waals surface area contributed by atoms with Gasteiger partial charge >= 0.3 is 0 Å². The van der Waals surface area contributed by atoms with E-state index in [1.165, 1.54) is 31.4 Å². The zero-order valence-corrected chi connectivity index (χ0v) is 13.1. The quantitative estimate of drug-likeness (QED) is 0.780. The van der Waals surface area contributed by atoms with Crippen molar-refractivity contribution in [1.82, 2.24) is 0 Å². The van der Waals surface area contributed by atoms with Crippen LogP contribution < -0.4 is 5.73 Å². The predicted molar refractivity (Wildman–Crippen MR) is 83.1 cm³/mol. The Balaban J connectivity index is 2.02. The van der Waals surface area contributed by atoms with Crippen molar-refractivity contribution in [2.45, 2.75) is 64.8 Å². The zero-order valence-electron chi connectivity index (χ0n) is 13.1. The average molecular weight is 277 g/mol. The number of hydrogen-bond acceptors (Lipinski definition) is 1. The largest absolute Gasteiger partial charge is 0.325 e. The molecule has 0 bridgehead atoms. The molecule has 1 aliphatic carbocycles. The molecule has 1 saturated carbocycles. The predicted octanol–water partition coefficient (Wildman–Crippen LogP) is 4.69. The molecule has 1 nitrogen and oxygen atoms in total. The van der Waals surface area contributed by atoms with Crippen LogP contribution in [0.1, 0.15) is 58.4 Å². The highest BCUT2D eigenvalue weighted by molar-refractivity contribution is 5.19. The first-order valence-electron chi connectivity index (χ1n) is 7.82. The number of benzene rings is 1. The van der Waals surface area contributed by atoms with E-state index in [9.17, 15) is 4.39 Å². The first-order valence-corrected chi connectivity index (χ1v) is 7.82. The molecule has 20 heavy (non-hydrogen) atoms. The summed E-state index contributed by atoms with van der Waals surface area (Å²) in [6, 6.07) is 6.81. The Morgan fingerprint density at radius 1 is 1.15 bits per heavy atom. The maximum absolute atomic E-state index is 13.0. The van der Waals surface area contributed by atoms with Gasteiger partial charge < -0.3 is 5.73 Å². The van der Waals surface area contributed by atoms with E-state index in [0.29, 0.717) is 5.41 Å². The molecule has 2 heteroatoms. The highest BCUT2D eigenvalue weighted by Crippen LogP contribution is 2.39. The van der Waals surface area contributed by atoms with Gasteiger partial charge in [0, 0.05) is 5.54 Å². The van der Waals surface area contributed by atoms with Gasteiger partial charge in [0.05, 0.1) is 0 Å². The Morgan fingerprint density at radius 3 is 2.40 bits per heavy atom. The molecule has 2 atom stereocenters. The van der Waals surface area contributed by atoms with Crippen LogP contribution in [0.4, 0.5) is 4.39 Å². The molecule has 1 aromatic carbocycles. The fourth-order valence-corrected chi connectivity index (χ4v) is 3.48. The Bertz CT molecular complexity index is 432. The molecule has 1 aliphatic rings. The molecule has 1 fully saturated rings. The minimum atomic E-state index is -0.173. The fraction of sp³-hybridized carbons (Fsp3) is 0.667. The van der Waals surface area contributed by atoms with Gasteiger partial charge in [0.1, 0.15) is 5.82 Å². The lowest BCUT2D eigenvalue weighted by atomic mass is 9.76. The summed E-state index contributed by atoms with van der Waals surface area (Å²) >= 11 is 0. The van der Waals surface area contributed by atoms with Gasteiger partial charge in [-0.15, -0.1) is 0 Å². The second kappa shape index (κ2) is 5.85. The maximum Gasteiger partial charge on any atom is 0.123 e. The summed E-state index contributed by atoms with van der Waals surface area (Å²) in [6.07, 6.45) is 6.72. The smallest absolute Gasteiger partial charge is 0.123 e. The van der Waals surface area contributed by atoms with Crippen LogP contribution in [0.3, 0.4) is 0 Å². The monoisotopic (exact) mass is 277 g/mol. The highest BCUT2D eigenvalue weighted by Gasteiger charge is 2.33. The molecule has 2 N–H and O–H groups in total.